The quantitative estimate of drug-likeness (QED) is 0.828. The highest BCUT2D eigenvalue weighted by Crippen LogP contribution is 2.17. The molecule has 2 N–H and O–H groups in total. The second kappa shape index (κ2) is 6.52. The first-order valence-electron chi connectivity index (χ1n) is 6.37. The number of nitrogens with two attached hydrogens (primary N) is 1. The molecule has 0 spiro atoms. The summed E-state index contributed by atoms with van der Waals surface area (Å²) in [6, 6.07) is 3.91. The van der Waals surface area contributed by atoms with Gasteiger partial charge in [-0.25, -0.2) is 4.39 Å². The summed E-state index contributed by atoms with van der Waals surface area (Å²) in [5.41, 5.74) is 6.30. The van der Waals surface area contributed by atoms with Gasteiger partial charge < -0.3 is 15.5 Å². The van der Waals surface area contributed by atoms with Crippen LogP contribution >= 0.6 is 0 Å². The number of amides is 1. The van der Waals surface area contributed by atoms with Crippen molar-refractivity contribution in [3.8, 4) is 0 Å². The van der Waals surface area contributed by atoms with Gasteiger partial charge in [0, 0.05) is 24.8 Å². The van der Waals surface area contributed by atoms with Gasteiger partial charge in [0.2, 0.25) is 0 Å². The molecule has 0 radical (unpaired) electrons. The summed E-state index contributed by atoms with van der Waals surface area (Å²) in [6.07, 6.45) is 0. The van der Waals surface area contributed by atoms with Crippen molar-refractivity contribution < 1.29 is 9.18 Å². The predicted octanol–water partition coefficient (Wildman–Crippen LogP) is 1.82. The van der Waals surface area contributed by atoms with Crippen molar-refractivity contribution in [2.24, 2.45) is 0 Å². The molecular weight excluding hydrogens is 245 g/mol. The fraction of sp³-hybridized carbons (Fsp3) is 0.500. The fourth-order valence-corrected chi connectivity index (χ4v) is 2.15. The molecule has 0 heterocycles. The number of halogens is 1. The van der Waals surface area contributed by atoms with Gasteiger partial charge in [0.1, 0.15) is 5.82 Å². The summed E-state index contributed by atoms with van der Waals surface area (Å²) in [5, 5.41) is 0. The van der Waals surface area contributed by atoms with Crippen molar-refractivity contribution in [1.29, 1.82) is 0 Å². The van der Waals surface area contributed by atoms with Crippen LogP contribution in [0.5, 0.6) is 0 Å². The van der Waals surface area contributed by atoms with E-state index in [1.165, 1.54) is 18.2 Å². The highest BCUT2D eigenvalue weighted by Gasteiger charge is 2.22. The third-order valence-corrected chi connectivity index (χ3v) is 3.01. The summed E-state index contributed by atoms with van der Waals surface area (Å²) < 4.78 is 13.3. The molecule has 19 heavy (non-hydrogen) atoms. The Morgan fingerprint density at radius 2 is 2.05 bits per heavy atom. The van der Waals surface area contributed by atoms with Crippen LogP contribution in [0.2, 0.25) is 0 Å². The van der Waals surface area contributed by atoms with E-state index in [-0.39, 0.29) is 17.5 Å². The maximum Gasteiger partial charge on any atom is 0.256 e. The van der Waals surface area contributed by atoms with E-state index >= 15 is 0 Å². The van der Waals surface area contributed by atoms with Crippen molar-refractivity contribution in [2.45, 2.75) is 19.9 Å². The largest absolute Gasteiger partial charge is 0.398 e. The Kier molecular flexibility index (Phi) is 5.30. The Labute approximate surface area is 114 Å². The van der Waals surface area contributed by atoms with E-state index in [2.05, 4.69) is 0 Å². The van der Waals surface area contributed by atoms with E-state index in [9.17, 15) is 9.18 Å². The first-order valence-corrected chi connectivity index (χ1v) is 6.37. The molecule has 0 saturated carbocycles. The lowest BCUT2D eigenvalue weighted by molar-refractivity contribution is 0.0679. The Balaban J connectivity index is 2.98. The molecule has 1 rings (SSSR count). The van der Waals surface area contributed by atoms with Gasteiger partial charge >= 0.3 is 0 Å². The van der Waals surface area contributed by atoms with Gasteiger partial charge in [0.05, 0.1) is 5.56 Å². The van der Waals surface area contributed by atoms with Crippen molar-refractivity contribution in [2.75, 3.05) is 32.9 Å². The number of carbonyl (C=O) groups excluding carboxylic acids is 1. The minimum Gasteiger partial charge on any atom is -0.398 e. The highest BCUT2D eigenvalue weighted by molar-refractivity contribution is 5.99. The molecule has 0 bridgehead atoms. The molecule has 0 fully saturated rings. The summed E-state index contributed by atoms with van der Waals surface area (Å²) in [5.74, 6) is -0.678. The minimum atomic E-state index is -0.450. The second-order valence-corrected chi connectivity index (χ2v) is 4.93. The number of hydrogen-bond donors (Lipinski definition) is 1. The number of benzene rings is 1. The number of nitrogen functional groups attached to an aromatic ring is 1. The van der Waals surface area contributed by atoms with Crippen LogP contribution in [0.25, 0.3) is 0 Å². The maximum atomic E-state index is 13.3. The molecule has 1 atom stereocenters. The first-order chi connectivity index (χ1) is 8.86. The lowest BCUT2D eigenvalue weighted by atomic mass is 10.1. The van der Waals surface area contributed by atoms with Crippen LogP contribution in [-0.4, -0.2) is 48.9 Å². The van der Waals surface area contributed by atoms with Crippen LogP contribution in [0.4, 0.5) is 10.1 Å². The third-order valence-electron chi connectivity index (χ3n) is 3.01. The van der Waals surface area contributed by atoms with E-state index in [1.54, 1.807) is 4.90 Å². The smallest absolute Gasteiger partial charge is 0.256 e. The standard InChI is InChI=1S/C14H22FN3O/c1-5-18(10(2)9-17(3)4)14(19)12-8-11(15)6-7-13(12)16/h6-8,10H,5,9,16H2,1-4H3. The van der Waals surface area contributed by atoms with Crippen molar-refractivity contribution in [3.05, 3.63) is 29.6 Å². The zero-order chi connectivity index (χ0) is 14.6. The predicted molar refractivity (Wildman–Crippen MR) is 75.5 cm³/mol. The molecular formula is C14H22FN3O. The normalized spacial score (nSPS) is 12.5. The van der Waals surface area contributed by atoms with Gasteiger partial charge in [-0.1, -0.05) is 0 Å². The number of nitrogens with zero attached hydrogens (tertiary/aromatic N) is 2. The van der Waals surface area contributed by atoms with E-state index in [0.29, 0.717) is 12.2 Å². The topological polar surface area (TPSA) is 49.6 Å². The summed E-state index contributed by atoms with van der Waals surface area (Å²) in [6.45, 7) is 5.18. The zero-order valence-corrected chi connectivity index (χ0v) is 12.0. The highest BCUT2D eigenvalue weighted by atomic mass is 19.1. The molecule has 1 unspecified atom stereocenters. The average molecular weight is 267 g/mol. The Hall–Kier alpha value is -1.62. The minimum absolute atomic E-state index is 0.0372. The van der Waals surface area contributed by atoms with E-state index in [1.807, 2.05) is 32.8 Å². The van der Waals surface area contributed by atoms with Crippen LogP contribution in [0, 0.1) is 5.82 Å². The molecule has 1 aromatic rings. The first kappa shape index (κ1) is 15.4. The maximum absolute atomic E-state index is 13.3. The van der Waals surface area contributed by atoms with Crippen molar-refractivity contribution >= 4 is 11.6 Å². The molecule has 0 saturated heterocycles. The van der Waals surface area contributed by atoms with Crippen LogP contribution in [0.15, 0.2) is 18.2 Å². The number of likely N-dealkylation sites (N-methyl/N-ethyl adjacent to an activating group) is 2. The Morgan fingerprint density at radius 1 is 1.42 bits per heavy atom. The lowest BCUT2D eigenvalue weighted by Crippen LogP contribution is -2.43. The molecule has 0 aliphatic rings. The molecule has 0 aliphatic heterocycles. The third kappa shape index (κ3) is 3.92. The van der Waals surface area contributed by atoms with E-state index in [0.717, 1.165) is 6.54 Å². The van der Waals surface area contributed by atoms with Gasteiger partial charge in [-0.05, 0) is 46.1 Å². The fourth-order valence-electron chi connectivity index (χ4n) is 2.15. The number of anilines is 1. The number of carbonyl (C=O) groups is 1. The van der Waals surface area contributed by atoms with Gasteiger partial charge in [0.15, 0.2) is 0 Å². The SMILES string of the molecule is CCN(C(=O)c1cc(F)ccc1N)C(C)CN(C)C. The van der Waals surface area contributed by atoms with Crippen LogP contribution in [-0.2, 0) is 0 Å². The van der Waals surface area contributed by atoms with Gasteiger partial charge in [0.25, 0.3) is 5.91 Å². The van der Waals surface area contributed by atoms with E-state index in [4.69, 9.17) is 5.73 Å². The summed E-state index contributed by atoms with van der Waals surface area (Å²) in [7, 11) is 3.90. The van der Waals surface area contributed by atoms with E-state index < -0.39 is 5.82 Å². The molecule has 1 amide bonds. The van der Waals surface area contributed by atoms with Crippen LogP contribution < -0.4 is 5.73 Å². The molecule has 0 aromatic heterocycles. The lowest BCUT2D eigenvalue weighted by Gasteiger charge is -2.30. The monoisotopic (exact) mass is 267 g/mol. The number of hydrogen-bond acceptors (Lipinski definition) is 3. The summed E-state index contributed by atoms with van der Waals surface area (Å²) in [4.78, 5) is 16.1. The molecule has 106 valence electrons. The summed E-state index contributed by atoms with van der Waals surface area (Å²) >= 11 is 0. The molecule has 5 heteroatoms. The zero-order valence-electron chi connectivity index (χ0n) is 12.0. The Bertz CT molecular complexity index is 448. The Morgan fingerprint density at radius 3 is 2.58 bits per heavy atom. The van der Waals surface area contributed by atoms with Crippen molar-refractivity contribution in [3.63, 3.8) is 0 Å². The number of rotatable bonds is 5. The van der Waals surface area contributed by atoms with Gasteiger partial charge in [-0.3, -0.25) is 4.79 Å². The van der Waals surface area contributed by atoms with Crippen molar-refractivity contribution in [1.82, 2.24) is 9.80 Å². The van der Waals surface area contributed by atoms with Crippen LogP contribution in [0.1, 0.15) is 24.2 Å². The average Bonchev–Trinajstić information content (AvgIpc) is 2.32. The molecule has 1 aromatic carbocycles. The van der Waals surface area contributed by atoms with Gasteiger partial charge in [-0.2, -0.15) is 0 Å². The molecule has 0 aliphatic carbocycles. The molecule has 4 nitrogen and oxygen atoms in total. The van der Waals surface area contributed by atoms with Gasteiger partial charge in [-0.15, -0.1) is 0 Å². The second-order valence-electron chi connectivity index (χ2n) is 4.93. The van der Waals surface area contributed by atoms with Crippen LogP contribution in [0.3, 0.4) is 0 Å².